The molecule has 0 radical (unpaired) electrons. The Morgan fingerprint density at radius 3 is 2.59 bits per heavy atom. The molecule has 0 saturated carbocycles. The lowest BCUT2D eigenvalue weighted by atomic mass is 10.2. The first-order valence-corrected chi connectivity index (χ1v) is 11.6. The highest BCUT2D eigenvalue weighted by Crippen LogP contribution is 2.32. The molecule has 0 bridgehead atoms. The smallest absolute Gasteiger partial charge is 0.268 e. The van der Waals surface area contributed by atoms with E-state index in [1.54, 1.807) is 49.6 Å². The lowest BCUT2D eigenvalue weighted by Crippen LogP contribution is -2.40. The van der Waals surface area contributed by atoms with Gasteiger partial charge < -0.3 is 10.1 Å². The van der Waals surface area contributed by atoms with Crippen LogP contribution >= 0.6 is 11.6 Å². The molecule has 7 nitrogen and oxygen atoms in total. The molecule has 1 N–H and O–H groups in total. The van der Waals surface area contributed by atoms with Crippen LogP contribution in [0.2, 0.25) is 5.02 Å². The first-order chi connectivity index (χ1) is 15.2. The Morgan fingerprint density at radius 2 is 1.94 bits per heavy atom. The first kappa shape index (κ1) is 23.6. The van der Waals surface area contributed by atoms with Crippen LogP contribution in [0.3, 0.4) is 0 Å². The van der Waals surface area contributed by atoms with Crippen molar-refractivity contribution in [3.63, 3.8) is 0 Å². The standard InChI is InChI=1S/C23H24ClN3O4S/c1-16-6-9-21(31-3)22(11-16)32(29,30)27(19-8-7-17(2)20(24)12-19)15-23(28)26-14-18-5-4-10-25-13-18/h4-13H,14-15H2,1-3H3,(H,26,28). The number of carbonyl (C=O) groups excluding carboxylic acids is 1. The average molecular weight is 474 g/mol. The Bertz CT molecular complexity index is 1220. The summed E-state index contributed by atoms with van der Waals surface area (Å²) < 4.78 is 33.7. The zero-order valence-electron chi connectivity index (χ0n) is 18.0. The number of nitrogens with one attached hydrogen (secondary N) is 1. The quantitative estimate of drug-likeness (QED) is 0.536. The van der Waals surface area contributed by atoms with Crippen molar-refractivity contribution >= 4 is 33.2 Å². The molecule has 0 aliphatic rings. The maximum atomic E-state index is 13.7. The average Bonchev–Trinajstić information content (AvgIpc) is 2.78. The van der Waals surface area contributed by atoms with Crippen molar-refractivity contribution < 1.29 is 17.9 Å². The Kier molecular flexibility index (Phi) is 7.37. The summed E-state index contributed by atoms with van der Waals surface area (Å²) in [5.41, 5.74) is 2.61. The van der Waals surface area contributed by atoms with E-state index in [4.69, 9.17) is 16.3 Å². The number of halogens is 1. The third-order valence-electron chi connectivity index (χ3n) is 4.83. The van der Waals surface area contributed by atoms with Crippen LogP contribution in [-0.2, 0) is 21.4 Å². The maximum absolute atomic E-state index is 13.7. The van der Waals surface area contributed by atoms with E-state index in [0.29, 0.717) is 5.02 Å². The fourth-order valence-electron chi connectivity index (χ4n) is 3.05. The number of benzene rings is 2. The topological polar surface area (TPSA) is 88.6 Å². The minimum absolute atomic E-state index is 0.0308. The highest BCUT2D eigenvalue weighted by molar-refractivity contribution is 7.93. The van der Waals surface area contributed by atoms with Gasteiger partial charge in [0.05, 0.1) is 12.8 Å². The zero-order chi connectivity index (χ0) is 23.3. The second-order valence-electron chi connectivity index (χ2n) is 7.24. The van der Waals surface area contributed by atoms with Gasteiger partial charge in [0, 0.05) is 24.0 Å². The summed E-state index contributed by atoms with van der Waals surface area (Å²) in [5, 5.41) is 3.14. The van der Waals surface area contributed by atoms with Crippen LogP contribution in [-0.4, -0.2) is 33.0 Å². The van der Waals surface area contributed by atoms with Crippen molar-refractivity contribution in [1.82, 2.24) is 10.3 Å². The van der Waals surface area contributed by atoms with Gasteiger partial charge in [-0.3, -0.25) is 14.1 Å². The predicted octanol–water partition coefficient (Wildman–Crippen LogP) is 3.87. The van der Waals surface area contributed by atoms with Crippen LogP contribution in [0, 0.1) is 13.8 Å². The minimum atomic E-state index is -4.15. The predicted molar refractivity (Wildman–Crippen MR) is 125 cm³/mol. The molecule has 0 unspecified atom stereocenters. The number of nitrogens with zero attached hydrogens (tertiary/aromatic N) is 2. The molecule has 9 heteroatoms. The number of rotatable bonds is 8. The third kappa shape index (κ3) is 5.38. The lowest BCUT2D eigenvalue weighted by Gasteiger charge is -2.25. The Morgan fingerprint density at radius 1 is 1.16 bits per heavy atom. The van der Waals surface area contributed by atoms with Gasteiger partial charge in [0.15, 0.2) is 0 Å². The molecule has 0 atom stereocenters. The minimum Gasteiger partial charge on any atom is -0.495 e. The van der Waals surface area contributed by atoms with Crippen LogP contribution in [0.1, 0.15) is 16.7 Å². The van der Waals surface area contributed by atoms with Gasteiger partial charge in [-0.25, -0.2) is 8.42 Å². The van der Waals surface area contributed by atoms with Gasteiger partial charge >= 0.3 is 0 Å². The monoisotopic (exact) mass is 473 g/mol. The van der Waals surface area contributed by atoms with E-state index in [1.165, 1.54) is 19.2 Å². The van der Waals surface area contributed by atoms with Crippen LogP contribution in [0.25, 0.3) is 0 Å². The molecular formula is C23H24ClN3O4S. The number of sulfonamides is 1. The zero-order valence-corrected chi connectivity index (χ0v) is 19.6. The molecular weight excluding hydrogens is 450 g/mol. The normalized spacial score (nSPS) is 11.1. The molecule has 0 saturated heterocycles. The summed E-state index contributed by atoms with van der Waals surface area (Å²) in [4.78, 5) is 16.7. The molecule has 0 spiro atoms. The fourth-order valence-corrected chi connectivity index (χ4v) is 4.88. The number of anilines is 1. The van der Waals surface area contributed by atoms with Crippen molar-refractivity contribution in [3.05, 3.63) is 82.6 Å². The van der Waals surface area contributed by atoms with Crippen LogP contribution in [0.15, 0.2) is 65.8 Å². The highest BCUT2D eigenvalue weighted by Gasteiger charge is 2.30. The van der Waals surface area contributed by atoms with E-state index in [1.807, 2.05) is 13.0 Å². The number of aryl methyl sites for hydroxylation is 2. The fraction of sp³-hybridized carbons (Fsp3) is 0.217. The first-order valence-electron chi connectivity index (χ1n) is 9.81. The molecule has 2 aromatic carbocycles. The molecule has 3 rings (SSSR count). The van der Waals surface area contributed by atoms with E-state index in [-0.39, 0.29) is 22.9 Å². The second-order valence-corrected chi connectivity index (χ2v) is 9.48. The summed E-state index contributed by atoms with van der Waals surface area (Å²) in [6.07, 6.45) is 3.27. The molecule has 168 valence electrons. The Hall–Kier alpha value is -3.10. The largest absolute Gasteiger partial charge is 0.495 e. The number of amides is 1. The van der Waals surface area contributed by atoms with Crippen molar-refractivity contribution in [2.75, 3.05) is 18.0 Å². The molecule has 1 amide bonds. The SMILES string of the molecule is COc1ccc(C)cc1S(=O)(=O)N(CC(=O)NCc1cccnc1)c1ccc(C)c(Cl)c1. The van der Waals surface area contributed by atoms with Gasteiger partial charge in [0.1, 0.15) is 17.2 Å². The van der Waals surface area contributed by atoms with Gasteiger partial charge in [0.2, 0.25) is 5.91 Å². The number of ether oxygens (including phenoxy) is 1. The number of hydrogen-bond acceptors (Lipinski definition) is 5. The summed E-state index contributed by atoms with van der Waals surface area (Å²) >= 11 is 6.26. The van der Waals surface area contributed by atoms with Gasteiger partial charge in [-0.1, -0.05) is 29.8 Å². The van der Waals surface area contributed by atoms with E-state index in [9.17, 15) is 13.2 Å². The maximum Gasteiger partial charge on any atom is 0.268 e. The van der Waals surface area contributed by atoms with Crippen LogP contribution < -0.4 is 14.4 Å². The number of pyridine rings is 1. The van der Waals surface area contributed by atoms with E-state index in [2.05, 4.69) is 10.3 Å². The molecule has 32 heavy (non-hydrogen) atoms. The van der Waals surface area contributed by atoms with Gasteiger partial charge in [-0.15, -0.1) is 0 Å². The van der Waals surface area contributed by atoms with Gasteiger partial charge in [-0.05, 0) is 60.9 Å². The third-order valence-corrected chi connectivity index (χ3v) is 7.03. The number of aromatic nitrogens is 1. The van der Waals surface area contributed by atoms with Crippen molar-refractivity contribution in [3.8, 4) is 5.75 Å². The second kappa shape index (κ2) is 10.0. The van der Waals surface area contributed by atoms with E-state index >= 15 is 0 Å². The Labute approximate surface area is 193 Å². The number of carbonyl (C=O) groups is 1. The molecule has 0 aliphatic heterocycles. The molecule has 3 aromatic rings. The van der Waals surface area contributed by atoms with E-state index in [0.717, 1.165) is 21.0 Å². The summed E-state index contributed by atoms with van der Waals surface area (Å²) in [6.45, 7) is 3.39. The van der Waals surface area contributed by atoms with Gasteiger partial charge in [0.25, 0.3) is 10.0 Å². The summed E-state index contributed by atoms with van der Waals surface area (Å²) in [7, 11) is -2.75. The van der Waals surface area contributed by atoms with Crippen LogP contribution in [0.4, 0.5) is 5.69 Å². The Balaban J connectivity index is 1.98. The van der Waals surface area contributed by atoms with Gasteiger partial charge in [-0.2, -0.15) is 0 Å². The highest BCUT2D eigenvalue weighted by atomic mass is 35.5. The summed E-state index contributed by atoms with van der Waals surface area (Å²) in [6, 6.07) is 13.3. The van der Waals surface area contributed by atoms with Crippen molar-refractivity contribution in [2.24, 2.45) is 0 Å². The van der Waals surface area contributed by atoms with Crippen molar-refractivity contribution in [1.29, 1.82) is 0 Å². The molecule has 0 fully saturated rings. The molecule has 0 aliphatic carbocycles. The van der Waals surface area contributed by atoms with E-state index < -0.39 is 22.5 Å². The summed E-state index contributed by atoms with van der Waals surface area (Å²) in [5.74, 6) is -0.282. The number of hydrogen-bond donors (Lipinski definition) is 1. The lowest BCUT2D eigenvalue weighted by molar-refractivity contribution is -0.119. The molecule has 1 aromatic heterocycles. The molecule has 1 heterocycles. The van der Waals surface area contributed by atoms with Crippen molar-refractivity contribution in [2.45, 2.75) is 25.3 Å². The number of methoxy groups -OCH3 is 1. The van der Waals surface area contributed by atoms with Crippen LogP contribution in [0.5, 0.6) is 5.75 Å².